The number of nitrogens with one attached hydrogen (secondary N) is 1. The summed E-state index contributed by atoms with van der Waals surface area (Å²) in [6, 6.07) is 12.4. The number of halogens is 1. The van der Waals surface area contributed by atoms with E-state index in [0.717, 1.165) is 11.1 Å². The van der Waals surface area contributed by atoms with Crippen molar-refractivity contribution in [2.75, 3.05) is 13.2 Å². The maximum atomic E-state index is 12.3. The summed E-state index contributed by atoms with van der Waals surface area (Å²) in [4.78, 5) is 0.250. The second-order valence-corrected chi connectivity index (χ2v) is 8.08. The van der Waals surface area contributed by atoms with Gasteiger partial charge in [0.25, 0.3) is 0 Å². The highest BCUT2D eigenvalue weighted by Gasteiger charge is 2.13. The van der Waals surface area contributed by atoms with Gasteiger partial charge in [0.2, 0.25) is 10.0 Å². The zero-order chi connectivity index (χ0) is 17.7. The summed E-state index contributed by atoms with van der Waals surface area (Å²) in [6.45, 7) is 6.43. The Labute approximate surface area is 148 Å². The van der Waals surface area contributed by atoms with E-state index in [2.05, 4.69) is 18.6 Å². The van der Waals surface area contributed by atoms with E-state index in [-0.39, 0.29) is 18.0 Å². The van der Waals surface area contributed by atoms with Crippen molar-refractivity contribution in [3.8, 4) is 5.75 Å². The highest BCUT2D eigenvalue weighted by molar-refractivity contribution is 7.89. The Hall–Kier alpha value is -1.56. The summed E-state index contributed by atoms with van der Waals surface area (Å²) in [5.74, 6) is 0.916. The van der Waals surface area contributed by atoms with E-state index in [4.69, 9.17) is 16.3 Å². The monoisotopic (exact) mass is 367 g/mol. The highest BCUT2D eigenvalue weighted by Crippen LogP contribution is 2.25. The average Bonchev–Trinajstić information content (AvgIpc) is 2.54. The zero-order valence-electron chi connectivity index (χ0n) is 14.0. The Morgan fingerprint density at radius 3 is 2.42 bits per heavy atom. The molecule has 0 aromatic heterocycles. The number of aryl methyl sites for hydroxylation is 1. The van der Waals surface area contributed by atoms with Crippen LogP contribution in [0.25, 0.3) is 0 Å². The lowest BCUT2D eigenvalue weighted by atomic mass is 10.0. The maximum absolute atomic E-state index is 12.3. The zero-order valence-corrected chi connectivity index (χ0v) is 15.6. The van der Waals surface area contributed by atoms with E-state index in [0.29, 0.717) is 16.7 Å². The summed E-state index contributed by atoms with van der Waals surface area (Å²) < 4.78 is 32.6. The first-order valence-corrected chi connectivity index (χ1v) is 9.64. The normalized spacial score (nSPS) is 11.7. The van der Waals surface area contributed by atoms with Crippen LogP contribution in [0.15, 0.2) is 47.4 Å². The SMILES string of the molecule is Cc1ccc(Cl)c(OCCNS(=O)(=O)c2ccc(C(C)C)cc2)c1. The molecule has 1 N–H and O–H groups in total. The van der Waals surface area contributed by atoms with Crippen LogP contribution < -0.4 is 9.46 Å². The molecule has 0 fully saturated rings. The maximum Gasteiger partial charge on any atom is 0.240 e. The molecule has 0 saturated heterocycles. The van der Waals surface area contributed by atoms with Gasteiger partial charge in [0, 0.05) is 6.54 Å². The van der Waals surface area contributed by atoms with Crippen molar-refractivity contribution in [1.82, 2.24) is 4.72 Å². The van der Waals surface area contributed by atoms with E-state index in [1.165, 1.54) is 0 Å². The van der Waals surface area contributed by atoms with Crippen molar-refractivity contribution in [3.05, 3.63) is 58.6 Å². The van der Waals surface area contributed by atoms with Crippen molar-refractivity contribution >= 4 is 21.6 Å². The van der Waals surface area contributed by atoms with Crippen molar-refractivity contribution in [2.45, 2.75) is 31.6 Å². The molecule has 130 valence electrons. The van der Waals surface area contributed by atoms with Crippen molar-refractivity contribution in [1.29, 1.82) is 0 Å². The number of ether oxygens (including phenoxy) is 1. The van der Waals surface area contributed by atoms with Crippen LogP contribution >= 0.6 is 11.6 Å². The van der Waals surface area contributed by atoms with Gasteiger partial charge < -0.3 is 4.74 Å². The third-order valence-corrected chi connectivity index (χ3v) is 5.38. The summed E-state index contributed by atoms with van der Waals surface area (Å²) in [5.41, 5.74) is 2.13. The van der Waals surface area contributed by atoms with Gasteiger partial charge in [-0.15, -0.1) is 0 Å². The van der Waals surface area contributed by atoms with E-state index in [1.54, 1.807) is 18.2 Å². The van der Waals surface area contributed by atoms with E-state index in [1.807, 2.05) is 31.2 Å². The molecule has 2 aromatic carbocycles. The minimum absolute atomic E-state index is 0.165. The van der Waals surface area contributed by atoms with Crippen LogP contribution in [0.2, 0.25) is 5.02 Å². The molecule has 0 atom stereocenters. The first-order chi connectivity index (χ1) is 11.3. The Kier molecular flexibility index (Phi) is 6.27. The molecular weight excluding hydrogens is 346 g/mol. The molecule has 0 radical (unpaired) electrons. The van der Waals surface area contributed by atoms with Crippen LogP contribution in [0.4, 0.5) is 0 Å². The second-order valence-electron chi connectivity index (χ2n) is 5.90. The molecular formula is C18H22ClNO3S. The fourth-order valence-corrected chi connectivity index (χ4v) is 3.36. The fourth-order valence-electron chi connectivity index (χ4n) is 2.17. The number of hydrogen-bond donors (Lipinski definition) is 1. The first-order valence-electron chi connectivity index (χ1n) is 7.78. The smallest absolute Gasteiger partial charge is 0.240 e. The van der Waals surface area contributed by atoms with Gasteiger partial charge in [-0.25, -0.2) is 13.1 Å². The van der Waals surface area contributed by atoms with E-state index in [9.17, 15) is 8.42 Å². The lowest BCUT2D eigenvalue weighted by Crippen LogP contribution is -2.28. The predicted molar refractivity (Wildman–Crippen MR) is 97.4 cm³/mol. The lowest BCUT2D eigenvalue weighted by Gasteiger charge is -2.11. The van der Waals surface area contributed by atoms with Crippen LogP contribution in [0, 0.1) is 6.92 Å². The molecule has 6 heteroatoms. The van der Waals surface area contributed by atoms with Crippen molar-refractivity contribution < 1.29 is 13.2 Å². The molecule has 0 spiro atoms. The highest BCUT2D eigenvalue weighted by atomic mass is 35.5. The van der Waals surface area contributed by atoms with E-state index >= 15 is 0 Å². The number of hydrogen-bond acceptors (Lipinski definition) is 3. The summed E-state index contributed by atoms with van der Waals surface area (Å²) in [7, 11) is -3.54. The topological polar surface area (TPSA) is 55.4 Å². The van der Waals surface area contributed by atoms with E-state index < -0.39 is 10.0 Å². The average molecular weight is 368 g/mol. The molecule has 0 unspecified atom stereocenters. The van der Waals surface area contributed by atoms with Gasteiger partial charge in [0.15, 0.2) is 0 Å². The van der Waals surface area contributed by atoms with Crippen LogP contribution in [0.3, 0.4) is 0 Å². The van der Waals surface area contributed by atoms with Crippen LogP contribution in [0.1, 0.15) is 30.9 Å². The summed E-state index contributed by atoms with van der Waals surface area (Å²) >= 11 is 6.04. The number of rotatable bonds is 7. The molecule has 2 aromatic rings. The number of benzene rings is 2. The minimum atomic E-state index is -3.54. The summed E-state index contributed by atoms with van der Waals surface area (Å²) in [6.07, 6.45) is 0. The molecule has 0 aliphatic carbocycles. The molecule has 0 amide bonds. The van der Waals surface area contributed by atoms with Gasteiger partial charge in [-0.1, -0.05) is 43.6 Å². The Morgan fingerprint density at radius 1 is 1.12 bits per heavy atom. The van der Waals surface area contributed by atoms with Crippen LogP contribution in [-0.4, -0.2) is 21.6 Å². The molecule has 4 nitrogen and oxygen atoms in total. The Morgan fingerprint density at radius 2 is 1.79 bits per heavy atom. The standard InChI is InChI=1S/C18H22ClNO3S/c1-13(2)15-5-7-16(8-6-15)24(21,22)20-10-11-23-18-12-14(3)4-9-17(18)19/h4-9,12-13,20H,10-11H2,1-3H3. The molecule has 0 bridgehead atoms. The first kappa shape index (κ1) is 18.8. The molecule has 0 heterocycles. The minimum Gasteiger partial charge on any atom is -0.491 e. The second kappa shape index (κ2) is 8.01. The quantitative estimate of drug-likeness (QED) is 0.748. The summed E-state index contributed by atoms with van der Waals surface area (Å²) in [5, 5.41) is 0.507. The predicted octanol–water partition coefficient (Wildman–Crippen LogP) is 4.13. The van der Waals surface area contributed by atoms with Crippen LogP contribution in [-0.2, 0) is 10.0 Å². The van der Waals surface area contributed by atoms with Gasteiger partial charge in [-0.2, -0.15) is 0 Å². The Balaban J connectivity index is 1.92. The third kappa shape index (κ3) is 4.97. The van der Waals surface area contributed by atoms with Crippen molar-refractivity contribution in [2.24, 2.45) is 0 Å². The largest absolute Gasteiger partial charge is 0.491 e. The van der Waals surface area contributed by atoms with Gasteiger partial charge >= 0.3 is 0 Å². The fraction of sp³-hybridized carbons (Fsp3) is 0.333. The molecule has 24 heavy (non-hydrogen) atoms. The van der Waals surface area contributed by atoms with Gasteiger partial charge in [0.1, 0.15) is 12.4 Å². The van der Waals surface area contributed by atoms with Gasteiger partial charge in [0.05, 0.1) is 9.92 Å². The van der Waals surface area contributed by atoms with Gasteiger partial charge in [-0.3, -0.25) is 0 Å². The molecule has 0 saturated carbocycles. The third-order valence-electron chi connectivity index (χ3n) is 3.60. The molecule has 2 rings (SSSR count). The van der Waals surface area contributed by atoms with Crippen molar-refractivity contribution in [3.63, 3.8) is 0 Å². The van der Waals surface area contributed by atoms with Crippen LogP contribution in [0.5, 0.6) is 5.75 Å². The lowest BCUT2D eigenvalue weighted by molar-refractivity contribution is 0.323. The number of sulfonamides is 1. The Bertz CT molecular complexity index is 786. The molecule has 0 aliphatic rings. The molecule has 0 aliphatic heterocycles. The van der Waals surface area contributed by atoms with Gasteiger partial charge in [-0.05, 0) is 48.2 Å².